The molecule has 0 atom stereocenters. The highest BCUT2D eigenvalue weighted by molar-refractivity contribution is 6.42. The van der Waals surface area contributed by atoms with Crippen LogP contribution in [0.2, 0.25) is 10.0 Å². The summed E-state index contributed by atoms with van der Waals surface area (Å²) in [5.41, 5.74) is 1.74. The van der Waals surface area contributed by atoms with Crippen LogP contribution in [0, 0.1) is 0 Å². The number of amides is 2. The lowest BCUT2D eigenvalue weighted by Gasteiger charge is -2.13. The van der Waals surface area contributed by atoms with Crippen LogP contribution in [0.3, 0.4) is 0 Å². The molecule has 118 valence electrons. The van der Waals surface area contributed by atoms with E-state index in [-0.39, 0.29) is 12.0 Å². The summed E-state index contributed by atoms with van der Waals surface area (Å²) in [6.07, 6.45) is -0.363. The molecule has 1 heterocycles. The van der Waals surface area contributed by atoms with E-state index >= 15 is 0 Å². The first-order chi connectivity index (χ1) is 11.0. The molecular formula is C16H12Cl2N2O3. The molecule has 0 aliphatic carbocycles. The van der Waals surface area contributed by atoms with Gasteiger partial charge in [-0.15, -0.1) is 0 Å². The molecule has 1 N–H and O–H groups in total. The van der Waals surface area contributed by atoms with Crippen molar-refractivity contribution < 1.29 is 14.3 Å². The van der Waals surface area contributed by atoms with Crippen LogP contribution < -0.4 is 10.2 Å². The number of hydrogen-bond donors (Lipinski definition) is 1. The average molecular weight is 351 g/mol. The molecule has 2 amide bonds. The first-order valence-corrected chi connectivity index (χ1v) is 7.61. The van der Waals surface area contributed by atoms with Gasteiger partial charge in [0.25, 0.3) is 5.91 Å². The number of nitrogens with one attached hydrogen (secondary N) is 1. The fourth-order valence-corrected chi connectivity index (χ4v) is 2.49. The van der Waals surface area contributed by atoms with Crippen LogP contribution in [0.15, 0.2) is 42.5 Å². The summed E-state index contributed by atoms with van der Waals surface area (Å²) >= 11 is 11.7. The van der Waals surface area contributed by atoms with Gasteiger partial charge in [0.15, 0.2) is 0 Å². The van der Waals surface area contributed by atoms with E-state index in [0.717, 1.165) is 5.69 Å². The summed E-state index contributed by atoms with van der Waals surface area (Å²) < 4.78 is 4.89. The van der Waals surface area contributed by atoms with Gasteiger partial charge < -0.3 is 10.1 Å². The number of nitrogens with zero attached hydrogens (tertiary/aromatic N) is 1. The Morgan fingerprint density at radius 3 is 2.43 bits per heavy atom. The van der Waals surface area contributed by atoms with Crippen LogP contribution in [0.4, 0.5) is 16.2 Å². The standard InChI is InChI=1S/C16H12Cl2N2O3/c17-13-6-1-10(9-14(13)18)15(21)19-11-2-4-12(5-3-11)20-7-8-23-16(20)22/h1-6,9H,7-8H2,(H,19,21). The number of hydrogen-bond acceptors (Lipinski definition) is 3. The quantitative estimate of drug-likeness (QED) is 0.902. The second-order valence-corrected chi connectivity index (χ2v) is 5.71. The lowest BCUT2D eigenvalue weighted by atomic mass is 10.2. The van der Waals surface area contributed by atoms with Crippen LogP contribution in [0.5, 0.6) is 0 Å². The molecular weight excluding hydrogens is 339 g/mol. The summed E-state index contributed by atoms with van der Waals surface area (Å²) in [6.45, 7) is 0.905. The zero-order valence-electron chi connectivity index (χ0n) is 11.9. The van der Waals surface area contributed by atoms with Crippen molar-refractivity contribution in [2.24, 2.45) is 0 Å². The van der Waals surface area contributed by atoms with Gasteiger partial charge >= 0.3 is 6.09 Å². The summed E-state index contributed by atoms with van der Waals surface area (Å²) in [7, 11) is 0. The predicted molar refractivity (Wildman–Crippen MR) is 89.6 cm³/mol. The Bertz CT molecular complexity index is 762. The Balaban J connectivity index is 1.71. The van der Waals surface area contributed by atoms with Crippen molar-refractivity contribution in [1.29, 1.82) is 0 Å². The molecule has 0 unspecified atom stereocenters. The molecule has 1 aliphatic rings. The van der Waals surface area contributed by atoms with Gasteiger partial charge in [-0.25, -0.2) is 4.79 Å². The minimum atomic E-state index is -0.363. The monoisotopic (exact) mass is 350 g/mol. The summed E-state index contributed by atoms with van der Waals surface area (Å²) in [5.74, 6) is -0.295. The summed E-state index contributed by atoms with van der Waals surface area (Å²) in [6, 6.07) is 11.6. The van der Waals surface area contributed by atoms with E-state index in [9.17, 15) is 9.59 Å². The molecule has 0 radical (unpaired) electrons. The first-order valence-electron chi connectivity index (χ1n) is 6.85. The first kappa shape index (κ1) is 15.6. The predicted octanol–water partition coefficient (Wildman–Crippen LogP) is 4.20. The topological polar surface area (TPSA) is 58.6 Å². The van der Waals surface area contributed by atoms with E-state index in [0.29, 0.717) is 34.4 Å². The Labute approximate surface area is 142 Å². The molecule has 3 rings (SSSR count). The molecule has 1 saturated heterocycles. The largest absolute Gasteiger partial charge is 0.447 e. The lowest BCUT2D eigenvalue weighted by Crippen LogP contribution is -2.23. The Kier molecular flexibility index (Phi) is 4.41. The smallest absolute Gasteiger partial charge is 0.414 e. The third-order valence-corrected chi connectivity index (χ3v) is 4.12. The molecule has 2 aromatic carbocycles. The molecule has 0 aromatic heterocycles. The van der Waals surface area contributed by atoms with Gasteiger partial charge in [0.2, 0.25) is 0 Å². The van der Waals surface area contributed by atoms with Crippen molar-refractivity contribution in [3.8, 4) is 0 Å². The molecule has 7 heteroatoms. The SMILES string of the molecule is O=C(Nc1ccc(N2CCOC2=O)cc1)c1ccc(Cl)c(Cl)c1. The average Bonchev–Trinajstić information content (AvgIpc) is 2.97. The fraction of sp³-hybridized carbons (Fsp3) is 0.125. The number of anilines is 2. The molecule has 5 nitrogen and oxygen atoms in total. The third-order valence-electron chi connectivity index (χ3n) is 3.38. The van der Waals surface area contributed by atoms with Gasteiger partial charge in [0.05, 0.1) is 16.6 Å². The van der Waals surface area contributed by atoms with Crippen molar-refractivity contribution >= 4 is 46.6 Å². The number of halogens is 2. The lowest BCUT2D eigenvalue weighted by molar-refractivity contribution is 0.102. The summed E-state index contributed by atoms with van der Waals surface area (Å²) in [5, 5.41) is 3.47. The van der Waals surface area contributed by atoms with E-state index in [1.807, 2.05) is 0 Å². The second-order valence-electron chi connectivity index (χ2n) is 4.90. The van der Waals surface area contributed by atoms with Gasteiger partial charge in [-0.3, -0.25) is 9.69 Å². The van der Waals surface area contributed by atoms with Crippen molar-refractivity contribution in [3.63, 3.8) is 0 Å². The Hall–Kier alpha value is -2.24. The Morgan fingerprint density at radius 2 is 1.83 bits per heavy atom. The van der Waals surface area contributed by atoms with Crippen molar-refractivity contribution in [3.05, 3.63) is 58.1 Å². The van der Waals surface area contributed by atoms with Crippen molar-refractivity contribution in [1.82, 2.24) is 0 Å². The minimum absolute atomic E-state index is 0.295. The van der Waals surface area contributed by atoms with Crippen molar-refractivity contribution in [2.45, 2.75) is 0 Å². The molecule has 23 heavy (non-hydrogen) atoms. The van der Waals surface area contributed by atoms with E-state index in [2.05, 4.69) is 5.32 Å². The maximum Gasteiger partial charge on any atom is 0.414 e. The van der Waals surface area contributed by atoms with Gasteiger partial charge in [-0.05, 0) is 42.5 Å². The van der Waals surface area contributed by atoms with E-state index < -0.39 is 0 Å². The zero-order chi connectivity index (χ0) is 16.4. The Morgan fingerprint density at radius 1 is 1.09 bits per heavy atom. The maximum atomic E-state index is 12.2. The maximum absolute atomic E-state index is 12.2. The van der Waals surface area contributed by atoms with Gasteiger partial charge in [0.1, 0.15) is 6.61 Å². The van der Waals surface area contributed by atoms with Crippen LogP contribution in [-0.2, 0) is 4.74 Å². The number of benzene rings is 2. The number of ether oxygens (including phenoxy) is 1. The van der Waals surface area contributed by atoms with Gasteiger partial charge in [-0.1, -0.05) is 23.2 Å². The fourth-order valence-electron chi connectivity index (χ4n) is 2.19. The van der Waals surface area contributed by atoms with Crippen molar-refractivity contribution in [2.75, 3.05) is 23.4 Å². The summed E-state index contributed by atoms with van der Waals surface area (Å²) in [4.78, 5) is 25.2. The molecule has 1 fully saturated rings. The number of cyclic esters (lactones) is 1. The second kappa shape index (κ2) is 6.48. The minimum Gasteiger partial charge on any atom is -0.447 e. The highest BCUT2D eigenvalue weighted by Crippen LogP contribution is 2.24. The number of carbonyl (C=O) groups is 2. The number of carbonyl (C=O) groups excluding carboxylic acids is 2. The van der Waals surface area contributed by atoms with E-state index in [1.54, 1.807) is 36.4 Å². The zero-order valence-corrected chi connectivity index (χ0v) is 13.4. The molecule has 2 aromatic rings. The molecule has 0 saturated carbocycles. The third kappa shape index (κ3) is 3.41. The van der Waals surface area contributed by atoms with Crippen LogP contribution in [0.1, 0.15) is 10.4 Å². The highest BCUT2D eigenvalue weighted by atomic mass is 35.5. The van der Waals surface area contributed by atoms with E-state index in [1.165, 1.54) is 11.0 Å². The van der Waals surface area contributed by atoms with Crippen LogP contribution in [-0.4, -0.2) is 25.2 Å². The molecule has 0 bridgehead atoms. The van der Waals surface area contributed by atoms with E-state index in [4.69, 9.17) is 27.9 Å². The van der Waals surface area contributed by atoms with Gasteiger partial charge in [-0.2, -0.15) is 0 Å². The van der Waals surface area contributed by atoms with Crippen LogP contribution >= 0.6 is 23.2 Å². The normalized spacial score (nSPS) is 13.8. The highest BCUT2D eigenvalue weighted by Gasteiger charge is 2.23. The van der Waals surface area contributed by atoms with Crippen LogP contribution in [0.25, 0.3) is 0 Å². The molecule has 0 spiro atoms. The van der Waals surface area contributed by atoms with Gasteiger partial charge in [0, 0.05) is 16.9 Å². The number of rotatable bonds is 3. The molecule has 1 aliphatic heterocycles.